The Morgan fingerprint density at radius 3 is 2.76 bits per heavy atom. The number of aromatic nitrogens is 3. The van der Waals surface area contributed by atoms with Gasteiger partial charge in [-0.2, -0.15) is 0 Å². The Morgan fingerprint density at radius 2 is 2.10 bits per heavy atom. The van der Waals surface area contributed by atoms with Gasteiger partial charge in [-0.3, -0.25) is 14.2 Å². The third-order valence-electron chi connectivity index (χ3n) is 4.90. The first kappa shape index (κ1) is 21.4. The van der Waals surface area contributed by atoms with E-state index in [1.807, 2.05) is 23.6 Å². The van der Waals surface area contributed by atoms with E-state index in [0.717, 1.165) is 18.4 Å². The van der Waals surface area contributed by atoms with Crippen molar-refractivity contribution >= 4 is 35.2 Å². The highest BCUT2D eigenvalue weighted by atomic mass is 35.5. The number of carbonyl (C=O) groups is 2. The number of rotatable bonds is 7. The molecule has 1 aromatic heterocycles. The number of benzene rings is 1. The topological polar surface area (TPSA) is 94.1 Å². The molecule has 0 spiro atoms. The predicted octanol–water partition coefficient (Wildman–Crippen LogP) is 2.99. The van der Waals surface area contributed by atoms with Crippen LogP contribution in [0, 0.1) is 5.92 Å². The maximum Gasteiger partial charge on any atom is 0.235 e. The van der Waals surface area contributed by atoms with Gasteiger partial charge in [0.15, 0.2) is 11.0 Å². The molecule has 1 aromatic carbocycles. The molecule has 0 bridgehead atoms. The van der Waals surface area contributed by atoms with Crippen molar-refractivity contribution in [3.63, 3.8) is 0 Å². The normalized spacial score (nSPS) is 17.7. The van der Waals surface area contributed by atoms with Crippen molar-refractivity contribution in [3.05, 3.63) is 41.9 Å². The number of thioether (sulfide) groups is 1. The first-order valence-electron chi connectivity index (χ1n) is 9.45. The van der Waals surface area contributed by atoms with Gasteiger partial charge < -0.3 is 10.6 Å². The molecule has 9 heteroatoms. The van der Waals surface area contributed by atoms with Gasteiger partial charge in [0, 0.05) is 30.2 Å². The summed E-state index contributed by atoms with van der Waals surface area (Å²) < 4.78 is 1.92. The molecule has 2 N–H and O–H groups in total. The lowest BCUT2D eigenvalue weighted by Gasteiger charge is -2.32. The molecule has 2 heterocycles. The van der Waals surface area contributed by atoms with Crippen LogP contribution in [0.3, 0.4) is 0 Å². The van der Waals surface area contributed by atoms with Crippen molar-refractivity contribution in [1.29, 1.82) is 0 Å². The molecule has 2 amide bonds. The monoisotopic (exact) mass is 433 g/mol. The fourth-order valence-corrected chi connectivity index (χ4v) is 4.43. The Labute approximate surface area is 179 Å². The molecule has 0 aliphatic carbocycles. The summed E-state index contributed by atoms with van der Waals surface area (Å²) in [7, 11) is 0. The molecule has 7 nitrogen and oxygen atoms in total. The summed E-state index contributed by atoms with van der Waals surface area (Å²) in [4.78, 5) is 26.1. The predicted molar refractivity (Wildman–Crippen MR) is 114 cm³/mol. The summed E-state index contributed by atoms with van der Waals surface area (Å²) in [5.74, 6) is 0.0459. The van der Waals surface area contributed by atoms with Crippen LogP contribution in [0.4, 0.5) is 0 Å². The second-order valence-electron chi connectivity index (χ2n) is 7.00. The summed E-state index contributed by atoms with van der Waals surface area (Å²) in [5.41, 5.74) is 6.31. The lowest BCUT2D eigenvalue weighted by molar-refractivity contribution is -0.134. The molecule has 2 unspecified atom stereocenters. The summed E-state index contributed by atoms with van der Waals surface area (Å²) in [6.45, 7) is 7.20. The van der Waals surface area contributed by atoms with Gasteiger partial charge in [-0.25, -0.2) is 0 Å². The number of hydrogen-bond donors (Lipinski definition) is 1. The number of piperidine rings is 1. The van der Waals surface area contributed by atoms with E-state index in [4.69, 9.17) is 17.3 Å². The van der Waals surface area contributed by atoms with Gasteiger partial charge in [0.2, 0.25) is 11.8 Å². The van der Waals surface area contributed by atoms with Gasteiger partial charge in [-0.1, -0.05) is 29.4 Å². The minimum absolute atomic E-state index is 0.0258. The maximum absolute atomic E-state index is 12.9. The van der Waals surface area contributed by atoms with Crippen molar-refractivity contribution in [2.45, 2.75) is 36.7 Å². The van der Waals surface area contributed by atoms with Gasteiger partial charge in [-0.05, 0) is 44.0 Å². The number of carbonyl (C=O) groups excluding carboxylic acids is 2. The molecular weight excluding hydrogens is 410 g/mol. The van der Waals surface area contributed by atoms with E-state index in [0.29, 0.717) is 35.6 Å². The van der Waals surface area contributed by atoms with Crippen LogP contribution < -0.4 is 5.73 Å². The zero-order chi connectivity index (χ0) is 21.0. The SMILES string of the molecule is C=CCn1c(SC(C)C(=O)N2CCCC(C(N)=O)C2)nnc1-c1ccc(Cl)cc1. The van der Waals surface area contributed by atoms with Crippen LogP contribution in [-0.2, 0) is 16.1 Å². The van der Waals surface area contributed by atoms with Crippen molar-refractivity contribution < 1.29 is 9.59 Å². The van der Waals surface area contributed by atoms with E-state index in [1.54, 1.807) is 23.1 Å². The molecule has 1 aliphatic rings. The lowest BCUT2D eigenvalue weighted by Crippen LogP contribution is -2.46. The molecular formula is C20H24ClN5O2S. The Bertz CT molecular complexity index is 899. The third-order valence-corrected chi connectivity index (χ3v) is 6.22. The lowest BCUT2D eigenvalue weighted by atomic mass is 9.97. The number of allylic oxidation sites excluding steroid dienone is 1. The fourth-order valence-electron chi connectivity index (χ4n) is 3.36. The molecule has 1 fully saturated rings. The van der Waals surface area contributed by atoms with E-state index in [9.17, 15) is 9.59 Å². The highest BCUT2D eigenvalue weighted by molar-refractivity contribution is 8.00. The molecule has 29 heavy (non-hydrogen) atoms. The van der Waals surface area contributed by atoms with Crippen molar-refractivity contribution in [2.24, 2.45) is 11.7 Å². The minimum Gasteiger partial charge on any atom is -0.369 e. The number of hydrogen-bond acceptors (Lipinski definition) is 5. The second kappa shape index (κ2) is 9.45. The third kappa shape index (κ3) is 5.00. The Morgan fingerprint density at radius 1 is 1.38 bits per heavy atom. The van der Waals surface area contributed by atoms with E-state index >= 15 is 0 Å². The van der Waals surface area contributed by atoms with Crippen LogP contribution in [0.1, 0.15) is 19.8 Å². The first-order valence-corrected chi connectivity index (χ1v) is 10.7. The van der Waals surface area contributed by atoms with Crippen molar-refractivity contribution in [2.75, 3.05) is 13.1 Å². The molecule has 2 atom stereocenters. The largest absolute Gasteiger partial charge is 0.369 e. The fraction of sp³-hybridized carbons (Fsp3) is 0.400. The average Bonchev–Trinajstić information content (AvgIpc) is 3.10. The van der Waals surface area contributed by atoms with Gasteiger partial charge in [-0.15, -0.1) is 16.8 Å². The zero-order valence-corrected chi connectivity index (χ0v) is 17.8. The highest BCUT2D eigenvalue weighted by Gasteiger charge is 2.30. The summed E-state index contributed by atoms with van der Waals surface area (Å²) in [6, 6.07) is 7.36. The first-order chi connectivity index (χ1) is 13.9. The van der Waals surface area contributed by atoms with Gasteiger partial charge >= 0.3 is 0 Å². The van der Waals surface area contributed by atoms with Crippen molar-refractivity contribution in [3.8, 4) is 11.4 Å². The number of nitrogens with zero attached hydrogens (tertiary/aromatic N) is 4. The Hall–Kier alpha value is -2.32. The average molecular weight is 434 g/mol. The van der Waals surface area contributed by atoms with Gasteiger partial charge in [0.05, 0.1) is 11.2 Å². The molecule has 1 aliphatic heterocycles. The molecule has 154 valence electrons. The quantitative estimate of drug-likeness (QED) is 0.535. The van der Waals surface area contributed by atoms with Crippen LogP contribution in [0.25, 0.3) is 11.4 Å². The molecule has 0 radical (unpaired) electrons. The highest BCUT2D eigenvalue weighted by Crippen LogP contribution is 2.29. The molecule has 0 saturated carbocycles. The summed E-state index contributed by atoms with van der Waals surface area (Å²) in [6.07, 6.45) is 3.28. The molecule has 1 saturated heterocycles. The Kier molecular flexibility index (Phi) is 6.97. The van der Waals surface area contributed by atoms with E-state index in [-0.39, 0.29) is 23.0 Å². The number of halogens is 1. The van der Waals surface area contributed by atoms with E-state index < -0.39 is 0 Å². The van der Waals surface area contributed by atoms with Crippen LogP contribution in [-0.4, -0.2) is 49.8 Å². The van der Waals surface area contributed by atoms with Crippen LogP contribution >= 0.6 is 23.4 Å². The summed E-state index contributed by atoms with van der Waals surface area (Å²) >= 11 is 7.33. The number of amides is 2. The standard InChI is InChI=1S/C20H24ClN5O2S/c1-3-10-26-18(14-6-8-16(21)9-7-14)23-24-20(26)29-13(2)19(28)25-11-4-5-15(12-25)17(22)27/h3,6-9,13,15H,1,4-5,10-12H2,2H3,(H2,22,27). The minimum atomic E-state index is -0.368. The zero-order valence-electron chi connectivity index (χ0n) is 16.3. The molecule has 2 aromatic rings. The second-order valence-corrected chi connectivity index (χ2v) is 8.74. The van der Waals surface area contributed by atoms with Crippen molar-refractivity contribution in [1.82, 2.24) is 19.7 Å². The van der Waals surface area contributed by atoms with Crippen LogP contribution in [0.15, 0.2) is 42.1 Å². The van der Waals surface area contributed by atoms with Crippen LogP contribution in [0.5, 0.6) is 0 Å². The van der Waals surface area contributed by atoms with Gasteiger partial charge in [0.1, 0.15) is 0 Å². The number of primary amides is 1. The van der Waals surface area contributed by atoms with E-state index in [1.165, 1.54) is 11.8 Å². The maximum atomic E-state index is 12.9. The number of nitrogens with two attached hydrogens (primary N) is 1. The summed E-state index contributed by atoms with van der Waals surface area (Å²) in [5, 5.41) is 9.52. The molecule has 3 rings (SSSR count). The Balaban J connectivity index is 1.76. The smallest absolute Gasteiger partial charge is 0.235 e. The number of likely N-dealkylation sites (tertiary alicyclic amines) is 1. The van der Waals surface area contributed by atoms with Crippen LogP contribution in [0.2, 0.25) is 5.02 Å². The van der Waals surface area contributed by atoms with E-state index in [2.05, 4.69) is 16.8 Å². The van der Waals surface area contributed by atoms with Gasteiger partial charge in [0.25, 0.3) is 0 Å².